The SMILES string of the molecule is O=Cc1c[c]oc1. The van der Waals surface area contributed by atoms with Crippen molar-refractivity contribution in [2.75, 3.05) is 0 Å². The summed E-state index contributed by atoms with van der Waals surface area (Å²) in [5, 5.41) is 0. The van der Waals surface area contributed by atoms with Crippen LogP contribution in [0.25, 0.3) is 0 Å². The first-order valence-corrected chi connectivity index (χ1v) is 1.83. The number of furan rings is 1. The molecule has 7 heavy (non-hydrogen) atoms. The van der Waals surface area contributed by atoms with Crippen molar-refractivity contribution in [1.29, 1.82) is 0 Å². The third-order valence-electron chi connectivity index (χ3n) is 0.625. The molecular weight excluding hydrogens is 92.1 g/mol. The zero-order valence-electron chi connectivity index (χ0n) is 3.55. The molecule has 0 amide bonds. The smallest absolute Gasteiger partial charge is 0.169 e. The summed E-state index contributed by atoms with van der Waals surface area (Å²) in [6.07, 6.45) is 4.42. The topological polar surface area (TPSA) is 30.2 Å². The Bertz CT molecular complexity index is 141. The molecule has 35 valence electrons. The van der Waals surface area contributed by atoms with Gasteiger partial charge in [0.1, 0.15) is 6.26 Å². The molecule has 0 aliphatic carbocycles. The summed E-state index contributed by atoms with van der Waals surface area (Å²) >= 11 is 0. The van der Waals surface area contributed by atoms with Gasteiger partial charge in [-0.25, -0.2) is 0 Å². The fourth-order valence-corrected chi connectivity index (χ4v) is 0.300. The van der Waals surface area contributed by atoms with Crippen LogP contribution in [0.15, 0.2) is 16.7 Å². The lowest BCUT2D eigenvalue weighted by molar-refractivity contribution is 0.112. The number of carbonyl (C=O) groups excluding carboxylic acids is 1. The Morgan fingerprint density at radius 1 is 1.86 bits per heavy atom. The van der Waals surface area contributed by atoms with E-state index in [4.69, 9.17) is 0 Å². The molecule has 0 fully saturated rings. The lowest BCUT2D eigenvalue weighted by Gasteiger charge is -1.63. The molecule has 0 unspecified atom stereocenters. The van der Waals surface area contributed by atoms with Gasteiger partial charge in [-0.3, -0.25) is 4.79 Å². The normalized spacial score (nSPS) is 8.57. The first-order valence-electron chi connectivity index (χ1n) is 1.83. The number of hydrogen-bond donors (Lipinski definition) is 0. The molecule has 0 saturated carbocycles. The van der Waals surface area contributed by atoms with E-state index in [0.717, 1.165) is 0 Å². The van der Waals surface area contributed by atoms with Crippen molar-refractivity contribution in [3.63, 3.8) is 0 Å². The lowest BCUT2D eigenvalue weighted by Crippen LogP contribution is -1.65. The summed E-state index contributed by atoms with van der Waals surface area (Å²) in [6.45, 7) is 0. The van der Waals surface area contributed by atoms with Gasteiger partial charge in [-0.1, -0.05) is 0 Å². The van der Waals surface area contributed by atoms with Gasteiger partial charge in [0, 0.05) is 0 Å². The monoisotopic (exact) mass is 95.0 g/mol. The maximum absolute atomic E-state index is 9.79. The van der Waals surface area contributed by atoms with E-state index >= 15 is 0 Å². The molecule has 0 spiro atoms. The van der Waals surface area contributed by atoms with Gasteiger partial charge in [0.15, 0.2) is 12.5 Å². The fourth-order valence-electron chi connectivity index (χ4n) is 0.300. The van der Waals surface area contributed by atoms with Gasteiger partial charge in [0.2, 0.25) is 0 Å². The van der Waals surface area contributed by atoms with Crippen molar-refractivity contribution in [1.82, 2.24) is 0 Å². The number of carbonyl (C=O) groups is 1. The second-order valence-electron chi connectivity index (χ2n) is 1.12. The molecule has 1 aromatic rings. The molecule has 0 aliphatic rings. The van der Waals surface area contributed by atoms with E-state index in [1.807, 2.05) is 0 Å². The highest BCUT2D eigenvalue weighted by molar-refractivity contribution is 5.73. The van der Waals surface area contributed by atoms with Gasteiger partial charge in [-0.15, -0.1) is 0 Å². The number of aldehydes is 1. The maximum Gasteiger partial charge on any atom is 0.169 e. The van der Waals surface area contributed by atoms with Gasteiger partial charge in [-0.05, 0) is 6.07 Å². The van der Waals surface area contributed by atoms with Crippen molar-refractivity contribution in [2.45, 2.75) is 0 Å². The van der Waals surface area contributed by atoms with Crippen LogP contribution in [0.2, 0.25) is 0 Å². The van der Waals surface area contributed by atoms with Crippen LogP contribution in [-0.2, 0) is 0 Å². The van der Waals surface area contributed by atoms with Gasteiger partial charge in [0.05, 0.1) is 5.56 Å². The first-order chi connectivity index (χ1) is 3.43. The van der Waals surface area contributed by atoms with Crippen LogP contribution in [0.4, 0.5) is 0 Å². The van der Waals surface area contributed by atoms with Crippen molar-refractivity contribution >= 4 is 6.29 Å². The fraction of sp³-hybridized carbons (Fsp3) is 0. The number of rotatable bonds is 1. The summed E-state index contributed by atoms with van der Waals surface area (Å²) in [5.74, 6) is 0. The molecule has 1 heterocycles. The van der Waals surface area contributed by atoms with Crippen LogP contribution in [0, 0.1) is 6.26 Å². The minimum atomic E-state index is 0.528. The summed E-state index contributed by atoms with van der Waals surface area (Å²) in [4.78, 5) is 9.79. The third kappa shape index (κ3) is 0.682. The highest BCUT2D eigenvalue weighted by Crippen LogP contribution is 1.91. The van der Waals surface area contributed by atoms with E-state index in [2.05, 4.69) is 10.7 Å². The molecule has 0 N–H and O–H groups in total. The predicted molar refractivity (Wildman–Crippen MR) is 22.9 cm³/mol. The van der Waals surface area contributed by atoms with Crippen molar-refractivity contribution < 1.29 is 9.21 Å². The molecular formula is C5H3O2. The van der Waals surface area contributed by atoms with E-state index in [-0.39, 0.29) is 0 Å². The molecule has 0 aliphatic heterocycles. The maximum atomic E-state index is 9.79. The zero-order chi connectivity index (χ0) is 5.11. The first kappa shape index (κ1) is 4.12. The Kier molecular flexibility index (Phi) is 0.941. The van der Waals surface area contributed by atoms with E-state index in [1.54, 1.807) is 0 Å². The Hall–Kier alpha value is -1.05. The lowest BCUT2D eigenvalue weighted by atomic mass is 10.4. The van der Waals surface area contributed by atoms with Gasteiger partial charge < -0.3 is 4.42 Å². The van der Waals surface area contributed by atoms with Crippen molar-refractivity contribution in [3.8, 4) is 0 Å². The predicted octanol–water partition coefficient (Wildman–Crippen LogP) is 0.892. The molecule has 1 radical (unpaired) electrons. The van der Waals surface area contributed by atoms with Crippen LogP contribution in [0.1, 0.15) is 10.4 Å². The molecule has 2 nitrogen and oxygen atoms in total. The summed E-state index contributed by atoms with van der Waals surface area (Å²) in [6, 6.07) is 1.48. The second kappa shape index (κ2) is 1.60. The highest BCUT2D eigenvalue weighted by Gasteiger charge is 1.85. The van der Waals surface area contributed by atoms with Gasteiger partial charge in [-0.2, -0.15) is 0 Å². The quantitative estimate of drug-likeness (QED) is 0.485. The summed E-state index contributed by atoms with van der Waals surface area (Å²) < 4.78 is 4.45. The van der Waals surface area contributed by atoms with Crippen LogP contribution >= 0.6 is 0 Å². The molecule has 0 atom stereocenters. The van der Waals surface area contributed by atoms with Crippen LogP contribution in [0.5, 0.6) is 0 Å². The molecule has 1 rings (SSSR count). The third-order valence-corrected chi connectivity index (χ3v) is 0.625. The Labute approximate surface area is 40.8 Å². The minimum Gasteiger partial charge on any atom is -0.460 e. The standard InChI is InChI=1S/C5H3O2/c6-3-5-1-2-7-4-5/h1,3-4H. The van der Waals surface area contributed by atoms with E-state index in [0.29, 0.717) is 11.8 Å². The Balaban J connectivity index is 2.96. The van der Waals surface area contributed by atoms with Crippen LogP contribution < -0.4 is 0 Å². The molecule has 0 aromatic carbocycles. The van der Waals surface area contributed by atoms with Crippen LogP contribution in [0.3, 0.4) is 0 Å². The molecule has 0 bridgehead atoms. The zero-order valence-corrected chi connectivity index (χ0v) is 3.55. The second-order valence-corrected chi connectivity index (χ2v) is 1.12. The minimum absolute atomic E-state index is 0.528. The summed E-state index contributed by atoms with van der Waals surface area (Å²) in [7, 11) is 0. The average molecular weight is 95.1 g/mol. The van der Waals surface area contributed by atoms with Crippen molar-refractivity contribution in [3.05, 3.63) is 24.2 Å². The van der Waals surface area contributed by atoms with E-state index < -0.39 is 0 Å². The number of hydrogen-bond acceptors (Lipinski definition) is 2. The molecule has 0 saturated heterocycles. The molecule has 2 heteroatoms. The van der Waals surface area contributed by atoms with Gasteiger partial charge >= 0.3 is 0 Å². The van der Waals surface area contributed by atoms with Crippen molar-refractivity contribution in [2.24, 2.45) is 0 Å². The van der Waals surface area contributed by atoms with E-state index in [1.165, 1.54) is 12.3 Å². The van der Waals surface area contributed by atoms with E-state index in [9.17, 15) is 4.79 Å². The Morgan fingerprint density at radius 2 is 2.71 bits per heavy atom. The highest BCUT2D eigenvalue weighted by atomic mass is 16.3. The summed E-state index contributed by atoms with van der Waals surface area (Å²) in [5.41, 5.74) is 0.528. The largest absolute Gasteiger partial charge is 0.460 e. The Morgan fingerprint density at radius 3 is 3.00 bits per heavy atom. The van der Waals surface area contributed by atoms with Crippen LogP contribution in [-0.4, -0.2) is 6.29 Å². The van der Waals surface area contributed by atoms with Gasteiger partial charge in [0.25, 0.3) is 0 Å². The average Bonchev–Trinajstić information content (AvgIpc) is 2.14. The molecule has 1 aromatic heterocycles.